The second-order valence-electron chi connectivity index (χ2n) is 6.62. The average molecular weight is 347 g/mol. The zero-order chi connectivity index (χ0) is 18.0. The standard InChI is InChI=1S/C19H16F3NO2/c1-11-9-12(17(24)23-7-4-8-23)10-15-16(11)13-5-2-3-6-14(13)18(15,25)19(20,21)22/h2-3,5-6,9-10,25H,4,7-8H2,1H3. The fraction of sp³-hybridized carbons (Fsp3) is 0.316. The molecule has 0 spiro atoms. The first-order valence-electron chi connectivity index (χ1n) is 8.08. The van der Waals surface area contributed by atoms with Crippen LogP contribution in [0, 0.1) is 6.92 Å². The highest BCUT2D eigenvalue weighted by atomic mass is 19.4. The smallest absolute Gasteiger partial charge is 0.372 e. The van der Waals surface area contributed by atoms with Gasteiger partial charge in [0.15, 0.2) is 0 Å². The van der Waals surface area contributed by atoms with E-state index in [9.17, 15) is 23.1 Å². The number of carbonyl (C=O) groups excluding carboxylic acids is 1. The van der Waals surface area contributed by atoms with Crippen LogP contribution in [-0.4, -0.2) is 35.2 Å². The van der Waals surface area contributed by atoms with Gasteiger partial charge in [-0.25, -0.2) is 0 Å². The van der Waals surface area contributed by atoms with Crippen molar-refractivity contribution in [3.8, 4) is 11.1 Å². The van der Waals surface area contributed by atoms with E-state index < -0.39 is 11.8 Å². The fourth-order valence-electron chi connectivity index (χ4n) is 3.72. The highest BCUT2D eigenvalue weighted by molar-refractivity contribution is 5.97. The zero-order valence-corrected chi connectivity index (χ0v) is 13.5. The van der Waals surface area contributed by atoms with Crippen molar-refractivity contribution in [2.75, 3.05) is 13.1 Å². The van der Waals surface area contributed by atoms with Gasteiger partial charge in [-0.15, -0.1) is 0 Å². The van der Waals surface area contributed by atoms with Crippen LogP contribution in [0.1, 0.15) is 33.5 Å². The lowest BCUT2D eigenvalue weighted by Crippen LogP contribution is -2.43. The molecule has 1 fully saturated rings. The number of amides is 1. The molecule has 1 heterocycles. The highest BCUT2D eigenvalue weighted by Gasteiger charge is 2.61. The van der Waals surface area contributed by atoms with Gasteiger partial charge in [0.25, 0.3) is 5.91 Å². The van der Waals surface area contributed by atoms with E-state index in [2.05, 4.69) is 0 Å². The summed E-state index contributed by atoms with van der Waals surface area (Å²) in [5.74, 6) is -0.294. The Balaban J connectivity index is 1.97. The first kappa shape index (κ1) is 16.1. The number of aryl methyl sites for hydroxylation is 1. The maximum Gasteiger partial charge on any atom is 0.425 e. The van der Waals surface area contributed by atoms with Crippen LogP contribution in [0.2, 0.25) is 0 Å². The second kappa shape index (κ2) is 5.08. The number of fused-ring (bicyclic) bond motifs is 3. The van der Waals surface area contributed by atoms with Gasteiger partial charge in [0.1, 0.15) is 0 Å². The Morgan fingerprint density at radius 2 is 1.84 bits per heavy atom. The molecule has 2 aromatic carbocycles. The molecule has 1 unspecified atom stereocenters. The fourth-order valence-corrected chi connectivity index (χ4v) is 3.72. The lowest BCUT2D eigenvalue weighted by atomic mass is 9.88. The summed E-state index contributed by atoms with van der Waals surface area (Å²) in [6, 6.07) is 8.79. The molecule has 1 saturated heterocycles. The van der Waals surface area contributed by atoms with Crippen molar-refractivity contribution >= 4 is 5.91 Å². The van der Waals surface area contributed by atoms with Crippen LogP contribution < -0.4 is 0 Å². The van der Waals surface area contributed by atoms with Gasteiger partial charge in [-0.05, 0) is 42.2 Å². The van der Waals surface area contributed by atoms with E-state index in [4.69, 9.17) is 0 Å². The van der Waals surface area contributed by atoms with Gasteiger partial charge in [0.05, 0.1) is 0 Å². The normalized spacial score (nSPS) is 21.6. The molecule has 2 aromatic rings. The van der Waals surface area contributed by atoms with Crippen LogP contribution in [0.4, 0.5) is 13.2 Å². The molecule has 1 amide bonds. The molecular formula is C19H16F3NO2. The van der Waals surface area contributed by atoms with Crippen LogP contribution in [0.25, 0.3) is 11.1 Å². The summed E-state index contributed by atoms with van der Waals surface area (Å²) < 4.78 is 41.6. The Bertz CT molecular complexity index is 887. The molecule has 4 rings (SSSR count). The molecule has 1 aliphatic heterocycles. The van der Waals surface area contributed by atoms with E-state index in [0.717, 1.165) is 6.42 Å². The number of aliphatic hydroxyl groups is 1. The number of halogens is 3. The van der Waals surface area contributed by atoms with Crippen LogP contribution in [-0.2, 0) is 5.60 Å². The maximum atomic E-state index is 13.9. The summed E-state index contributed by atoms with van der Waals surface area (Å²) in [5.41, 5.74) is -2.09. The van der Waals surface area contributed by atoms with Crippen molar-refractivity contribution in [3.05, 3.63) is 58.7 Å². The summed E-state index contributed by atoms with van der Waals surface area (Å²) in [5, 5.41) is 10.7. The topological polar surface area (TPSA) is 40.5 Å². The zero-order valence-electron chi connectivity index (χ0n) is 13.5. The highest BCUT2D eigenvalue weighted by Crippen LogP contribution is 2.55. The van der Waals surface area contributed by atoms with Gasteiger partial charge >= 0.3 is 6.18 Å². The molecule has 0 bridgehead atoms. The monoisotopic (exact) mass is 347 g/mol. The minimum atomic E-state index is -4.89. The Kier molecular flexibility index (Phi) is 3.28. The lowest BCUT2D eigenvalue weighted by molar-refractivity contribution is -0.246. The molecule has 0 radical (unpaired) electrons. The van der Waals surface area contributed by atoms with Crippen LogP contribution >= 0.6 is 0 Å². The van der Waals surface area contributed by atoms with Gasteiger partial charge in [0.2, 0.25) is 5.60 Å². The Morgan fingerprint density at radius 1 is 1.16 bits per heavy atom. The van der Waals surface area contributed by atoms with Gasteiger partial charge in [-0.1, -0.05) is 24.3 Å². The number of carbonyl (C=O) groups is 1. The molecule has 3 nitrogen and oxygen atoms in total. The Labute approximate surface area is 142 Å². The van der Waals surface area contributed by atoms with Crippen molar-refractivity contribution in [2.45, 2.75) is 25.1 Å². The molecule has 2 aliphatic rings. The summed E-state index contributed by atoms with van der Waals surface area (Å²) in [6.07, 6.45) is -3.99. The Hall–Kier alpha value is -2.34. The van der Waals surface area contributed by atoms with E-state index >= 15 is 0 Å². The minimum absolute atomic E-state index is 0.186. The predicted octanol–water partition coefficient (Wildman–Crippen LogP) is 3.62. The quantitative estimate of drug-likeness (QED) is 0.856. The van der Waals surface area contributed by atoms with Crippen LogP contribution in [0.5, 0.6) is 0 Å². The summed E-state index contributed by atoms with van der Waals surface area (Å²) in [4.78, 5) is 14.1. The average Bonchev–Trinajstić information content (AvgIpc) is 2.77. The first-order chi connectivity index (χ1) is 11.7. The predicted molar refractivity (Wildman–Crippen MR) is 86.2 cm³/mol. The van der Waals surface area contributed by atoms with E-state index in [1.54, 1.807) is 30.0 Å². The summed E-state index contributed by atoms with van der Waals surface area (Å²) in [6.45, 7) is 2.89. The number of hydrogen-bond donors (Lipinski definition) is 1. The SMILES string of the molecule is Cc1cc(C(=O)N2CCC2)cc2c1-c1ccccc1C2(O)C(F)(F)F. The van der Waals surface area contributed by atoms with Crippen molar-refractivity contribution < 1.29 is 23.1 Å². The van der Waals surface area contributed by atoms with Gasteiger partial charge < -0.3 is 10.0 Å². The van der Waals surface area contributed by atoms with Crippen LogP contribution in [0.15, 0.2) is 36.4 Å². The van der Waals surface area contributed by atoms with Crippen molar-refractivity contribution in [1.29, 1.82) is 0 Å². The van der Waals surface area contributed by atoms with Gasteiger partial charge in [-0.3, -0.25) is 4.79 Å². The number of hydrogen-bond acceptors (Lipinski definition) is 2. The minimum Gasteiger partial charge on any atom is -0.372 e. The van der Waals surface area contributed by atoms with E-state index in [0.29, 0.717) is 29.8 Å². The van der Waals surface area contributed by atoms with Crippen LogP contribution in [0.3, 0.4) is 0 Å². The molecule has 0 saturated carbocycles. The number of nitrogens with zero attached hydrogens (tertiary/aromatic N) is 1. The molecule has 1 aliphatic carbocycles. The summed E-state index contributed by atoms with van der Waals surface area (Å²) in [7, 11) is 0. The number of likely N-dealkylation sites (tertiary alicyclic amines) is 1. The first-order valence-corrected chi connectivity index (χ1v) is 8.08. The molecule has 6 heteroatoms. The molecule has 130 valence electrons. The molecule has 1 N–H and O–H groups in total. The number of benzene rings is 2. The van der Waals surface area contributed by atoms with E-state index in [1.165, 1.54) is 18.2 Å². The van der Waals surface area contributed by atoms with E-state index in [-0.39, 0.29) is 22.6 Å². The number of rotatable bonds is 1. The second-order valence-corrected chi connectivity index (χ2v) is 6.62. The van der Waals surface area contributed by atoms with E-state index in [1.807, 2.05) is 0 Å². The molecule has 25 heavy (non-hydrogen) atoms. The largest absolute Gasteiger partial charge is 0.425 e. The molecule has 0 aromatic heterocycles. The third-order valence-corrected chi connectivity index (χ3v) is 5.11. The van der Waals surface area contributed by atoms with Crippen molar-refractivity contribution in [1.82, 2.24) is 4.90 Å². The Morgan fingerprint density at radius 3 is 2.44 bits per heavy atom. The van der Waals surface area contributed by atoms with Gasteiger partial charge in [-0.2, -0.15) is 13.2 Å². The molecular weight excluding hydrogens is 331 g/mol. The van der Waals surface area contributed by atoms with Gasteiger partial charge in [0, 0.05) is 29.8 Å². The number of alkyl halides is 3. The van der Waals surface area contributed by atoms with Crippen molar-refractivity contribution in [3.63, 3.8) is 0 Å². The molecule has 1 atom stereocenters. The van der Waals surface area contributed by atoms with Crippen molar-refractivity contribution in [2.24, 2.45) is 0 Å². The lowest BCUT2D eigenvalue weighted by Gasteiger charge is -2.32. The maximum absolute atomic E-state index is 13.9. The third kappa shape index (κ3) is 2.07. The third-order valence-electron chi connectivity index (χ3n) is 5.11. The summed E-state index contributed by atoms with van der Waals surface area (Å²) >= 11 is 0.